The SMILES string of the molecule is CNC(COC(C)C)c1ccc(C)cc1. The van der Waals surface area contributed by atoms with Crippen LogP contribution in [-0.4, -0.2) is 19.8 Å². The van der Waals surface area contributed by atoms with Crippen molar-refractivity contribution in [2.45, 2.75) is 32.9 Å². The summed E-state index contributed by atoms with van der Waals surface area (Å²) in [6.07, 6.45) is 0.284. The molecule has 0 saturated heterocycles. The van der Waals surface area contributed by atoms with Crippen LogP contribution in [0.15, 0.2) is 24.3 Å². The number of hydrogen-bond donors (Lipinski definition) is 1. The fourth-order valence-electron chi connectivity index (χ4n) is 1.43. The molecular weight excluding hydrogens is 186 g/mol. The van der Waals surface area contributed by atoms with Crippen molar-refractivity contribution in [3.05, 3.63) is 35.4 Å². The lowest BCUT2D eigenvalue weighted by Crippen LogP contribution is -2.23. The molecule has 0 spiro atoms. The third-order valence-electron chi connectivity index (χ3n) is 2.42. The van der Waals surface area contributed by atoms with Gasteiger partial charge in [0.15, 0.2) is 0 Å². The molecule has 0 amide bonds. The van der Waals surface area contributed by atoms with Crippen molar-refractivity contribution in [1.82, 2.24) is 5.32 Å². The first-order valence-corrected chi connectivity index (χ1v) is 5.49. The van der Waals surface area contributed by atoms with Crippen LogP contribution in [0.1, 0.15) is 31.0 Å². The van der Waals surface area contributed by atoms with Crippen LogP contribution in [0.3, 0.4) is 0 Å². The van der Waals surface area contributed by atoms with Gasteiger partial charge in [0.1, 0.15) is 0 Å². The molecule has 84 valence electrons. The summed E-state index contributed by atoms with van der Waals surface area (Å²) >= 11 is 0. The lowest BCUT2D eigenvalue weighted by molar-refractivity contribution is 0.0626. The Hall–Kier alpha value is -0.860. The Bertz CT molecular complexity index is 279. The highest BCUT2D eigenvalue weighted by Gasteiger charge is 2.09. The highest BCUT2D eigenvalue weighted by molar-refractivity contribution is 5.24. The minimum absolute atomic E-state index is 0.284. The van der Waals surface area contributed by atoms with Gasteiger partial charge in [-0.05, 0) is 33.4 Å². The van der Waals surface area contributed by atoms with E-state index in [9.17, 15) is 0 Å². The molecule has 15 heavy (non-hydrogen) atoms. The molecule has 0 aromatic heterocycles. The first-order chi connectivity index (χ1) is 7.13. The molecule has 0 fully saturated rings. The van der Waals surface area contributed by atoms with Gasteiger partial charge in [-0.1, -0.05) is 29.8 Å². The van der Waals surface area contributed by atoms with Gasteiger partial charge in [-0.15, -0.1) is 0 Å². The molecule has 1 aromatic rings. The minimum Gasteiger partial charge on any atom is -0.377 e. The van der Waals surface area contributed by atoms with Crippen molar-refractivity contribution in [3.8, 4) is 0 Å². The molecule has 0 aliphatic rings. The van der Waals surface area contributed by atoms with E-state index in [1.807, 2.05) is 7.05 Å². The standard InChI is InChI=1S/C13H21NO/c1-10(2)15-9-13(14-4)12-7-5-11(3)6-8-12/h5-8,10,13-14H,9H2,1-4H3. The molecule has 1 unspecified atom stereocenters. The van der Waals surface area contributed by atoms with Gasteiger partial charge in [-0.25, -0.2) is 0 Å². The van der Waals surface area contributed by atoms with Gasteiger partial charge in [0.05, 0.1) is 18.8 Å². The number of likely N-dealkylation sites (N-methyl/N-ethyl adjacent to an activating group) is 1. The van der Waals surface area contributed by atoms with E-state index < -0.39 is 0 Å². The third kappa shape index (κ3) is 4.02. The molecule has 0 heterocycles. The van der Waals surface area contributed by atoms with E-state index in [-0.39, 0.29) is 12.1 Å². The maximum Gasteiger partial charge on any atom is 0.0664 e. The minimum atomic E-state index is 0.284. The molecule has 1 aromatic carbocycles. The number of nitrogens with one attached hydrogen (secondary N) is 1. The molecule has 0 bridgehead atoms. The zero-order valence-corrected chi connectivity index (χ0v) is 10.1. The van der Waals surface area contributed by atoms with E-state index in [4.69, 9.17) is 4.74 Å². The predicted molar refractivity (Wildman–Crippen MR) is 64.1 cm³/mol. The lowest BCUT2D eigenvalue weighted by atomic mass is 10.1. The normalized spacial score (nSPS) is 13.1. The van der Waals surface area contributed by atoms with Crippen LogP contribution in [0.2, 0.25) is 0 Å². The molecule has 0 aliphatic carbocycles. The Morgan fingerprint density at radius 1 is 1.20 bits per heavy atom. The largest absolute Gasteiger partial charge is 0.377 e. The Labute approximate surface area is 92.6 Å². The van der Waals surface area contributed by atoms with Crippen LogP contribution in [0.4, 0.5) is 0 Å². The zero-order chi connectivity index (χ0) is 11.3. The summed E-state index contributed by atoms with van der Waals surface area (Å²) < 4.78 is 5.62. The molecule has 1 N–H and O–H groups in total. The third-order valence-corrected chi connectivity index (χ3v) is 2.42. The number of hydrogen-bond acceptors (Lipinski definition) is 2. The Morgan fingerprint density at radius 3 is 2.27 bits per heavy atom. The average molecular weight is 207 g/mol. The maximum atomic E-state index is 5.62. The molecule has 0 radical (unpaired) electrons. The van der Waals surface area contributed by atoms with Gasteiger partial charge in [0.2, 0.25) is 0 Å². The van der Waals surface area contributed by atoms with Crippen LogP contribution in [0.25, 0.3) is 0 Å². The van der Waals surface area contributed by atoms with Crippen LogP contribution in [-0.2, 0) is 4.74 Å². The second-order valence-corrected chi connectivity index (χ2v) is 4.13. The van der Waals surface area contributed by atoms with Crippen LogP contribution < -0.4 is 5.32 Å². The van der Waals surface area contributed by atoms with E-state index in [0.717, 1.165) is 6.61 Å². The molecule has 1 atom stereocenters. The second-order valence-electron chi connectivity index (χ2n) is 4.13. The summed E-state index contributed by atoms with van der Waals surface area (Å²) in [6, 6.07) is 8.86. The summed E-state index contributed by atoms with van der Waals surface area (Å²) in [4.78, 5) is 0. The monoisotopic (exact) mass is 207 g/mol. The van der Waals surface area contributed by atoms with Crippen LogP contribution in [0, 0.1) is 6.92 Å². The van der Waals surface area contributed by atoms with Crippen molar-refractivity contribution in [2.24, 2.45) is 0 Å². The predicted octanol–water partition coefficient (Wildman–Crippen LogP) is 2.68. The topological polar surface area (TPSA) is 21.3 Å². The quantitative estimate of drug-likeness (QED) is 0.801. The second kappa shape index (κ2) is 5.89. The molecule has 0 aliphatic heterocycles. The van der Waals surface area contributed by atoms with Crippen molar-refractivity contribution in [3.63, 3.8) is 0 Å². The van der Waals surface area contributed by atoms with Crippen LogP contribution in [0.5, 0.6) is 0 Å². The average Bonchev–Trinajstić information content (AvgIpc) is 2.21. The van der Waals surface area contributed by atoms with Crippen molar-refractivity contribution in [1.29, 1.82) is 0 Å². The molecule has 2 nitrogen and oxygen atoms in total. The molecule has 0 saturated carbocycles. The van der Waals surface area contributed by atoms with Gasteiger partial charge in [0.25, 0.3) is 0 Å². The maximum absolute atomic E-state index is 5.62. The zero-order valence-electron chi connectivity index (χ0n) is 10.1. The lowest BCUT2D eigenvalue weighted by Gasteiger charge is -2.18. The van der Waals surface area contributed by atoms with E-state index in [1.54, 1.807) is 0 Å². The van der Waals surface area contributed by atoms with Crippen molar-refractivity contribution >= 4 is 0 Å². The number of benzene rings is 1. The summed E-state index contributed by atoms with van der Waals surface area (Å²) in [7, 11) is 1.97. The number of ether oxygens (including phenoxy) is 1. The smallest absolute Gasteiger partial charge is 0.0664 e. The first-order valence-electron chi connectivity index (χ1n) is 5.49. The van der Waals surface area contributed by atoms with Gasteiger partial charge in [-0.2, -0.15) is 0 Å². The fourth-order valence-corrected chi connectivity index (χ4v) is 1.43. The van der Waals surface area contributed by atoms with Crippen molar-refractivity contribution < 1.29 is 4.74 Å². The highest BCUT2D eigenvalue weighted by Crippen LogP contribution is 2.14. The van der Waals surface area contributed by atoms with E-state index >= 15 is 0 Å². The fraction of sp³-hybridized carbons (Fsp3) is 0.538. The van der Waals surface area contributed by atoms with Crippen LogP contribution >= 0.6 is 0 Å². The summed E-state index contributed by atoms with van der Waals surface area (Å²) in [5.41, 5.74) is 2.57. The highest BCUT2D eigenvalue weighted by atomic mass is 16.5. The summed E-state index contributed by atoms with van der Waals surface area (Å²) in [5, 5.41) is 3.27. The Morgan fingerprint density at radius 2 is 1.80 bits per heavy atom. The molecular formula is C13H21NO. The Balaban J connectivity index is 2.61. The van der Waals surface area contributed by atoms with Gasteiger partial charge < -0.3 is 10.1 Å². The van der Waals surface area contributed by atoms with Gasteiger partial charge >= 0.3 is 0 Å². The number of aryl methyl sites for hydroxylation is 1. The van der Waals surface area contributed by atoms with E-state index in [0.29, 0.717) is 0 Å². The molecule has 2 heteroatoms. The van der Waals surface area contributed by atoms with Gasteiger partial charge in [0, 0.05) is 0 Å². The summed E-state index contributed by atoms with van der Waals surface area (Å²) in [6.45, 7) is 6.93. The number of rotatable bonds is 5. The Kier molecular flexibility index (Phi) is 4.79. The van der Waals surface area contributed by atoms with Crippen molar-refractivity contribution in [2.75, 3.05) is 13.7 Å². The van der Waals surface area contributed by atoms with Gasteiger partial charge in [-0.3, -0.25) is 0 Å². The summed E-state index contributed by atoms with van der Waals surface area (Å²) in [5.74, 6) is 0. The first kappa shape index (κ1) is 12.2. The molecule has 1 rings (SSSR count). The van der Waals surface area contributed by atoms with E-state index in [1.165, 1.54) is 11.1 Å². The van der Waals surface area contributed by atoms with E-state index in [2.05, 4.69) is 50.4 Å².